The maximum atomic E-state index is 12.7. The molecule has 0 aromatic carbocycles. The fraction of sp³-hybridized carbons (Fsp3) is 0.286. The summed E-state index contributed by atoms with van der Waals surface area (Å²) in [6.45, 7) is 2.41. The van der Waals surface area contributed by atoms with E-state index >= 15 is 0 Å². The minimum Gasteiger partial charge on any atom is -0.377 e. The summed E-state index contributed by atoms with van der Waals surface area (Å²) < 4.78 is 5.47. The number of fused-ring (bicyclic) bond motifs is 1. The number of nitrogens with zero attached hydrogens (tertiary/aromatic N) is 4. The molecule has 0 saturated carbocycles. The van der Waals surface area contributed by atoms with Gasteiger partial charge in [0.25, 0.3) is 0 Å². The number of carbonyl (C=O) groups is 2. The lowest BCUT2D eigenvalue weighted by Crippen LogP contribution is -2.25. The molecule has 1 aliphatic heterocycles. The molecule has 1 atom stereocenters. The third-order valence-corrected chi connectivity index (χ3v) is 5.62. The molecule has 3 amide bonds. The van der Waals surface area contributed by atoms with E-state index in [2.05, 4.69) is 25.6 Å². The van der Waals surface area contributed by atoms with E-state index in [9.17, 15) is 9.59 Å². The summed E-state index contributed by atoms with van der Waals surface area (Å²) >= 11 is 12.4. The minimum atomic E-state index is -0.527. The van der Waals surface area contributed by atoms with Crippen LogP contribution in [0.3, 0.4) is 0 Å². The molecule has 1 saturated heterocycles. The Morgan fingerprint density at radius 2 is 2.03 bits per heavy atom. The van der Waals surface area contributed by atoms with Crippen molar-refractivity contribution in [3.05, 3.63) is 46.3 Å². The Bertz CT molecular complexity index is 1210. The van der Waals surface area contributed by atoms with Crippen LogP contribution in [0.15, 0.2) is 30.6 Å². The quantitative estimate of drug-likeness (QED) is 0.513. The van der Waals surface area contributed by atoms with E-state index in [-0.39, 0.29) is 17.0 Å². The summed E-state index contributed by atoms with van der Waals surface area (Å²) in [7, 11) is 1.56. The molecule has 3 aromatic heterocycles. The zero-order chi connectivity index (χ0) is 22.8. The number of anilines is 3. The number of amides is 3. The Morgan fingerprint density at radius 3 is 2.72 bits per heavy atom. The van der Waals surface area contributed by atoms with Crippen LogP contribution in [0, 0.1) is 0 Å². The van der Waals surface area contributed by atoms with E-state index in [0.29, 0.717) is 51.9 Å². The highest BCUT2D eigenvalue weighted by atomic mass is 35.5. The summed E-state index contributed by atoms with van der Waals surface area (Å²) in [5.41, 5.74) is 2.61. The highest BCUT2D eigenvalue weighted by molar-refractivity contribution is 6.34. The average Bonchev–Trinajstić information content (AvgIpc) is 3.18. The van der Waals surface area contributed by atoms with Crippen LogP contribution in [-0.4, -0.2) is 40.5 Å². The topological polar surface area (TPSA) is 109 Å². The predicted octanol–water partition coefficient (Wildman–Crippen LogP) is 4.81. The first-order valence-electron chi connectivity index (χ1n) is 9.89. The number of ether oxygens (including phenoxy) is 1. The number of carbonyl (C=O) groups excluding carboxylic acids is 2. The van der Waals surface area contributed by atoms with Gasteiger partial charge in [0.2, 0.25) is 5.91 Å². The first-order valence-corrected chi connectivity index (χ1v) is 10.6. The fourth-order valence-electron chi connectivity index (χ4n) is 3.54. The van der Waals surface area contributed by atoms with Crippen molar-refractivity contribution < 1.29 is 14.3 Å². The lowest BCUT2D eigenvalue weighted by molar-refractivity contribution is -0.117. The minimum absolute atomic E-state index is 0.0184. The van der Waals surface area contributed by atoms with E-state index in [1.165, 1.54) is 12.4 Å². The third-order valence-electron chi connectivity index (χ3n) is 5.13. The van der Waals surface area contributed by atoms with Gasteiger partial charge in [-0.15, -0.1) is 0 Å². The Morgan fingerprint density at radius 1 is 1.22 bits per heavy atom. The zero-order valence-corrected chi connectivity index (χ0v) is 18.9. The second kappa shape index (κ2) is 9.23. The van der Waals surface area contributed by atoms with Crippen LogP contribution >= 0.6 is 23.2 Å². The zero-order valence-electron chi connectivity index (χ0n) is 17.4. The SMILES string of the molecule is COC(C)c1c(NC(=O)Nc2cnc(N3CCCC3=O)c(Cl)c2)cnc2ccc(Cl)nc12. The van der Waals surface area contributed by atoms with Crippen molar-refractivity contribution in [3.63, 3.8) is 0 Å². The average molecular weight is 475 g/mol. The molecule has 1 unspecified atom stereocenters. The summed E-state index contributed by atoms with van der Waals surface area (Å²) in [4.78, 5) is 39.1. The Hall–Kier alpha value is -3.01. The number of aromatic nitrogens is 3. The highest BCUT2D eigenvalue weighted by Crippen LogP contribution is 2.32. The lowest BCUT2D eigenvalue weighted by atomic mass is 10.1. The first kappa shape index (κ1) is 22.2. The van der Waals surface area contributed by atoms with Gasteiger partial charge in [-0.1, -0.05) is 23.2 Å². The monoisotopic (exact) mass is 474 g/mol. The molecule has 1 fully saturated rings. The van der Waals surface area contributed by atoms with E-state index < -0.39 is 6.03 Å². The van der Waals surface area contributed by atoms with Gasteiger partial charge in [0.05, 0.1) is 45.9 Å². The molecular weight excluding hydrogens is 455 g/mol. The van der Waals surface area contributed by atoms with Crippen molar-refractivity contribution in [1.29, 1.82) is 0 Å². The molecule has 9 nitrogen and oxygen atoms in total. The van der Waals surface area contributed by atoms with Crippen molar-refractivity contribution in [2.75, 3.05) is 29.2 Å². The normalized spacial score (nSPS) is 14.6. The highest BCUT2D eigenvalue weighted by Gasteiger charge is 2.25. The molecule has 0 bridgehead atoms. The summed E-state index contributed by atoms with van der Waals surface area (Å²) in [6, 6.07) is 4.42. The van der Waals surface area contributed by atoms with Gasteiger partial charge in [0.1, 0.15) is 5.15 Å². The van der Waals surface area contributed by atoms with Gasteiger partial charge in [-0.2, -0.15) is 0 Å². The molecule has 2 N–H and O–H groups in total. The molecule has 0 radical (unpaired) electrons. The molecule has 4 heterocycles. The van der Waals surface area contributed by atoms with Gasteiger partial charge < -0.3 is 15.4 Å². The van der Waals surface area contributed by atoms with E-state index in [1.807, 2.05) is 6.92 Å². The number of nitrogens with one attached hydrogen (secondary N) is 2. The number of hydrogen-bond donors (Lipinski definition) is 2. The second-order valence-electron chi connectivity index (χ2n) is 7.22. The number of hydrogen-bond acceptors (Lipinski definition) is 6. The van der Waals surface area contributed by atoms with Crippen molar-refractivity contribution in [2.45, 2.75) is 25.9 Å². The predicted molar refractivity (Wildman–Crippen MR) is 123 cm³/mol. The largest absolute Gasteiger partial charge is 0.377 e. The van der Waals surface area contributed by atoms with Crippen molar-refractivity contribution in [3.8, 4) is 0 Å². The molecule has 32 heavy (non-hydrogen) atoms. The molecule has 11 heteroatoms. The lowest BCUT2D eigenvalue weighted by Gasteiger charge is -2.18. The molecule has 166 valence electrons. The van der Waals surface area contributed by atoms with E-state index in [1.54, 1.807) is 30.2 Å². The van der Waals surface area contributed by atoms with E-state index in [4.69, 9.17) is 27.9 Å². The van der Waals surface area contributed by atoms with Crippen molar-refractivity contribution >= 4 is 63.4 Å². The van der Waals surface area contributed by atoms with Crippen LogP contribution in [0.1, 0.15) is 31.4 Å². The summed E-state index contributed by atoms with van der Waals surface area (Å²) in [6.07, 6.45) is 3.85. The number of pyridine rings is 3. The molecule has 0 spiro atoms. The maximum absolute atomic E-state index is 12.7. The fourth-order valence-corrected chi connectivity index (χ4v) is 3.96. The Labute approximate surface area is 194 Å². The summed E-state index contributed by atoms with van der Waals surface area (Å²) in [5, 5.41) is 6.04. The smallest absolute Gasteiger partial charge is 0.323 e. The molecule has 0 aliphatic carbocycles. The van der Waals surface area contributed by atoms with Crippen LogP contribution in [0.25, 0.3) is 11.0 Å². The van der Waals surface area contributed by atoms with Gasteiger partial charge in [-0.3, -0.25) is 14.7 Å². The van der Waals surface area contributed by atoms with Crippen LogP contribution in [0.5, 0.6) is 0 Å². The van der Waals surface area contributed by atoms with Crippen LogP contribution in [0.4, 0.5) is 22.0 Å². The Kier molecular flexibility index (Phi) is 6.40. The van der Waals surface area contributed by atoms with Crippen molar-refractivity contribution in [1.82, 2.24) is 15.0 Å². The number of rotatable bonds is 5. The number of urea groups is 1. The molecule has 4 rings (SSSR count). The van der Waals surface area contributed by atoms with Crippen LogP contribution in [-0.2, 0) is 9.53 Å². The second-order valence-corrected chi connectivity index (χ2v) is 8.02. The molecular formula is C21H20Cl2N6O3. The van der Waals surface area contributed by atoms with Gasteiger partial charge in [-0.25, -0.2) is 14.8 Å². The maximum Gasteiger partial charge on any atom is 0.323 e. The van der Waals surface area contributed by atoms with Crippen LogP contribution < -0.4 is 15.5 Å². The third kappa shape index (κ3) is 4.45. The van der Waals surface area contributed by atoms with Gasteiger partial charge in [0, 0.05) is 25.6 Å². The van der Waals surface area contributed by atoms with Gasteiger partial charge in [0.15, 0.2) is 5.82 Å². The Balaban J connectivity index is 1.56. The molecule has 3 aromatic rings. The van der Waals surface area contributed by atoms with Crippen LogP contribution in [0.2, 0.25) is 10.2 Å². The van der Waals surface area contributed by atoms with Gasteiger partial charge in [-0.05, 0) is 31.5 Å². The first-order chi connectivity index (χ1) is 15.4. The van der Waals surface area contributed by atoms with Gasteiger partial charge >= 0.3 is 6.03 Å². The summed E-state index contributed by atoms with van der Waals surface area (Å²) in [5.74, 6) is 0.369. The van der Waals surface area contributed by atoms with Crippen molar-refractivity contribution in [2.24, 2.45) is 0 Å². The van der Waals surface area contributed by atoms with E-state index in [0.717, 1.165) is 6.42 Å². The number of halogens is 2. The number of methoxy groups -OCH3 is 1. The standard InChI is InChI=1S/C21H20Cl2N6O3/c1-11(32-2)18-15(10-24-14-5-6-16(23)28-19(14)18)27-21(31)26-12-8-13(22)20(25-9-12)29-7-3-4-17(29)30/h5-6,8-11H,3-4,7H2,1-2H3,(H2,26,27,31). The molecule has 1 aliphatic rings.